The molecule has 2 atom stereocenters. The first-order valence-electron chi connectivity index (χ1n) is 10.2. The molecule has 2 aromatic rings. The van der Waals surface area contributed by atoms with Gasteiger partial charge >= 0.3 is 6.18 Å². The molecule has 1 saturated heterocycles. The van der Waals surface area contributed by atoms with Crippen LogP contribution in [0.15, 0.2) is 41.4 Å². The summed E-state index contributed by atoms with van der Waals surface area (Å²) in [4.78, 5) is 16.8. The van der Waals surface area contributed by atoms with E-state index in [2.05, 4.69) is 10.3 Å². The van der Waals surface area contributed by atoms with Gasteiger partial charge in [0.15, 0.2) is 0 Å². The number of aliphatic imine (C=N–C) groups is 1. The maximum atomic E-state index is 14.3. The molecule has 0 saturated carbocycles. The fourth-order valence-electron chi connectivity index (χ4n) is 4.21. The van der Waals surface area contributed by atoms with Gasteiger partial charge in [-0.05, 0) is 60.4 Å². The second-order valence-electron chi connectivity index (χ2n) is 8.24. The van der Waals surface area contributed by atoms with Gasteiger partial charge < -0.3 is 10.1 Å². The van der Waals surface area contributed by atoms with E-state index in [-0.39, 0.29) is 34.0 Å². The molecular weight excluding hydrogens is 464 g/mol. The van der Waals surface area contributed by atoms with E-state index in [1.54, 1.807) is 25.1 Å². The second kappa shape index (κ2) is 8.69. The van der Waals surface area contributed by atoms with Crippen LogP contribution in [-0.4, -0.2) is 43.6 Å². The molecule has 2 aliphatic heterocycles. The van der Waals surface area contributed by atoms with Gasteiger partial charge in [-0.3, -0.25) is 9.79 Å². The van der Waals surface area contributed by atoms with Crippen LogP contribution < -0.4 is 5.32 Å². The highest BCUT2D eigenvalue weighted by molar-refractivity contribution is 6.34. The van der Waals surface area contributed by atoms with Crippen molar-refractivity contribution in [1.82, 2.24) is 5.32 Å². The first-order chi connectivity index (χ1) is 15.1. The van der Waals surface area contributed by atoms with Crippen LogP contribution in [0.25, 0.3) is 0 Å². The van der Waals surface area contributed by atoms with E-state index in [9.17, 15) is 18.0 Å². The lowest BCUT2D eigenvalue weighted by Crippen LogP contribution is -2.43. The number of hydrogen-bond donors (Lipinski definition) is 1. The van der Waals surface area contributed by atoms with Gasteiger partial charge in [0.2, 0.25) is 0 Å². The number of alkyl halides is 3. The van der Waals surface area contributed by atoms with Crippen molar-refractivity contribution in [2.24, 2.45) is 4.99 Å². The first-order valence-corrected chi connectivity index (χ1v) is 10.9. The number of carbonyl (C=O) groups excluding carboxylic acids is 1. The fraction of sp³-hybridized carbons (Fsp3) is 0.391. The maximum Gasteiger partial charge on any atom is 0.400 e. The van der Waals surface area contributed by atoms with Gasteiger partial charge in [0.25, 0.3) is 5.91 Å². The predicted molar refractivity (Wildman–Crippen MR) is 118 cm³/mol. The van der Waals surface area contributed by atoms with Gasteiger partial charge in [0.05, 0.1) is 19.2 Å². The molecule has 0 aromatic heterocycles. The van der Waals surface area contributed by atoms with Crippen molar-refractivity contribution in [3.63, 3.8) is 0 Å². The molecular formula is C23H21Cl2F3N2O2. The Bertz CT molecular complexity index is 1060. The largest absolute Gasteiger partial charge is 0.400 e. The minimum atomic E-state index is -4.55. The summed E-state index contributed by atoms with van der Waals surface area (Å²) in [6.45, 7) is 2.40. The third kappa shape index (κ3) is 4.38. The summed E-state index contributed by atoms with van der Waals surface area (Å²) in [6, 6.07) is 8.94. The molecule has 0 aliphatic carbocycles. The lowest BCUT2D eigenvalue weighted by Gasteiger charge is -2.31. The molecule has 32 heavy (non-hydrogen) atoms. The fourth-order valence-corrected chi connectivity index (χ4v) is 4.73. The lowest BCUT2D eigenvalue weighted by atomic mass is 9.76. The van der Waals surface area contributed by atoms with Crippen LogP contribution in [0.3, 0.4) is 0 Å². The zero-order valence-electron chi connectivity index (χ0n) is 17.2. The highest BCUT2D eigenvalue weighted by atomic mass is 35.5. The number of amides is 1. The Kier molecular flexibility index (Phi) is 6.27. The minimum Gasteiger partial charge on any atom is -0.379 e. The first kappa shape index (κ1) is 23.1. The Morgan fingerprint density at radius 1 is 1.19 bits per heavy atom. The zero-order chi connectivity index (χ0) is 23.1. The average Bonchev–Trinajstić information content (AvgIpc) is 3.37. The quantitative estimate of drug-likeness (QED) is 0.621. The number of benzene rings is 2. The summed E-state index contributed by atoms with van der Waals surface area (Å²) >= 11 is 12.0. The van der Waals surface area contributed by atoms with Crippen molar-refractivity contribution < 1.29 is 22.7 Å². The Balaban J connectivity index is 1.59. The van der Waals surface area contributed by atoms with Crippen LogP contribution in [0, 0.1) is 6.92 Å². The van der Waals surface area contributed by atoms with E-state index >= 15 is 0 Å². The van der Waals surface area contributed by atoms with Crippen molar-refractivity contribution in [3.8, 4) is 0 Å². The van der Waals surface area contributed by atoms with Gasteiger partial charge in [-0.15, -0.1) is 0 Å². The van der Waals surface area contributed by atoms with Crippen LogP contribution in [-0.2, 0) is 10.2 Å². The van der Waals surface area contributed by atoms with Crippen LogP contribution in [0.5, 0.6) is 0 Å². The van der Waals surface area contributed by atoms with Crippen molar-refractivity contribution >= 4 is 34.8 Å². The summed E-state index contributed by atoms with van der Waals surface area (Å²) in [5.74, 6) is -0.226. The smallest absolute Gasteiger partial charge is 0.379 e. The molecule has 4 nitrogen and oxygen atoms in total. The van der Waals surface area contributed by atoms with Crippen LogP contribution in [0.2, 0.25) is 10.0 Å². The van der Waals surface area contributed by atoms with Crippen LogP contribution in [0.4, 0.5) is 13.2 Å². The Morgan fingerprint density at radius 2 is 1.91 bits per heavy atom. The minimum absolute atomic E-state index is 0.00671. The number of rotatable bonds is 4. The van der Waals surface area contributed by atoms with E-state index in [1.807, 2.05) is 0 Å². The van der Waals surface area contributed by atoms with Gasteiger partial charge in [0.1, 0.15) is 5.41 Å². The molecule has 1 fully saturated rings. The van der Waals surface area contributed by atoms with Crippen molar-refractivity contribution in [2.75, 3.05) is 19.8 Å². The Hall–Kier alpha value is -2.09. The highest BCUT2D eigenvalue weighted by Gasteiger charge is 2.58. The molecule has 2 heterocycles. The zero-order valence-corrected chi connectivity index (χ0v) is 18.7. The number of hydrogen-bond acceptors (Lipinski definition) is 3. The normalized spacial score (nSPS) is 23.3. The van der Waals surface area contributed by atoms with Gasteiger partial charge in [0, 0.05) is 34.3 Å². The number of nitrogens with one attached hydrogen (secondary N) is 1. The van der Waals surface area contributed by atoms with Crippen molar-refractivity contribution in [1.29, 1.82) is 0 Å². The summed E-state index contributed by atoms with van der Waals surface area (Å²) < 4.78 is 48.1. The number of aryl methyl sites for hydroxylation is 1. The van der Waals surface area contributed by atoms with E-state index < -0.39 is 18.1 Å². The molecule has 0 spiro atoms. The molecule has 0 radical (unpaired) electrons. The standard InChI is InChI=1S/C23H21Cl2F3N2O2/c1-13-6-14(2-3-19(13)21(31)30-18-4-5-32-11-18)20-10-22(12-29-20,23(26,27)28)15-7-16(24)9-17(25)8-15/h2-3,6-9,18H,4-5,10-12H2,1H3,(H,30,31)/t18-,22?/m1/s1. The maximum absolute atomic E-state index is 14.3. The van der Waals surface area contributed by atoms with E-state index in [0.29, 0.717) is 35.6 Å². The SMILES string of the molecule is Cc1cc(C2=NCC(c3cc(Cl)cc(Cl)c3)(C(F)(F)F)C2)ccc1C(=O)N[C@@H]1CCOC1. The van der Waals surface area contributed by atoms with Crippen LogP contribution in [0.1, 0.15) is 39.9 Å². The topological polar surface area (TPSA) is 50.7 Å². The monoisotopic (exact) mass is 484 g/mol. The summed E-state index contributed by atoms with van der Waals surface area (Å²) in [5, 5.41) is 3.21. The summed E-state index contributed by atoms with van der Waals surface area (Å²) in [7, 11) is 0. The van der Waals surface area contributed by atoms with Gasteiger partial charge in [-0.25, -0.2) is 0 Å². The van der Waals surface area contributed by atoms with Crippen molar-refractivity contribution in [2.45, 2.75) is 37.4 Å². The third-order valence-corrected chi connectivity index (χ3v) is 6.47. The molecule has 1 amide bonds. The predicted octanol–water partition coefficient (Wildman–Crippen LogP) is 5.51. The van der Waals surface area contributed by atoms with Crippen LogP contribution >= 0.6 is 23.2 Å². The molecule has 170 valence electrons. The third-order valence-electron chi connectivity index (χ3n) is 6.04. The summed E-state index contributed by atoms with van der Waals surface area (Å²) in [6.07, 6.45) is -4.13. The Morgan fingerprint density at radius 3 is 2.50 bits per heavy atom. The number of nitrogens with zero attached hydrogens (tertiary/aromatic N) is 1. The van der Waals surface area contributed by atoms with Gasteiger partial charge in [-0.1, -0.05) is 29.3 Å². The second-order valence-corrected chi connectivity index (χ2v) is 9.11. The molecule has 1 unspecified atom stereocenters. The Labute approximate surface area is 193 Å². The van der Waals surface area contributed by atoms with E-state index in [4.69, 9.17) is 27.9 Å². The molecule has 1 N–H and O–H groups in total. The molecule has 4 rings (SSSR count). The number of carbonyl (C=O) groups is 1. The molecule has 2 aromatic carbocycles. The van der Waals surface area contributed by atoms with Gasteiger partial charge in [-0.2, -0.15) is 13.2 Å². The van der Waals surface area contributed by atoms with E-state index in [0.717, 1.165) is 6.42 Å². The van der Waals surface area contributed by atoms with Crippen molar-refractivity contribution in [3.05, 3.63) is 68.7 Å². The molecule has 2 aliphatic rings. The highest BCUT2D eigenvalue weighted by Crippen LogP contribution is 2.48. The lowest BCUT2D eigenvalue weighted by molar-refractivity contribution is -0.183. The molecule has 9 heteroatoms. The molecule has 0 bridgehead atoms. The summed E-state index contributed by atoms with van der Waals surface area (Å²) in [5.41, 5.74) is -0.184. The number of halogens is 5. The average molecular weight is 485 g/mol. The number of ether oxygens (including phenoxy) is 1. The van der Waals surface area contributed by atoms with E-state index in [1.165, 1.54) is 18.2 Å².